The summed E-state index contributed by atoms with van der Waals surface area (Å²) in [5.41, 5.74) is 6.76. The molecule has 2 aromatic rings. The summed E-state index contributed by atoms with van der Waals surface area (Å²) >= 11 is 0. The third-order valence-corrected chi connectivity index (χ3v) is 4.82. The summed E-state index contributed by atoms with van der Waals surface area (Å²) in [7, 11) is 0. The summed E-state index contributed by atoms with van der Waals surface area (Å²) in [6.45, 7) is 2.41. The van der Waals surface area contributed by atoms with Gasteiger partial charge in [0.05, 0.1) is 11.4 Å². The average Bonchev–Trinajstić information content (AvgIpc) is 3.02. The van der Waals surface area contributed by atoms with Crippen LogP contribution in [-0.4, -0.2) is 0 Å². The zero-order valence-electron chi connectivity index (χ0n) is 11.3. The van der Waals surface area contributed by atoms with Crippen LogP contribution in [-0.2, 0) is 5.41 Å². The van der Waals surface area contributed by atoms with Gasteiger partial charge in [0.15, 0.2) is 0 Å². The number of hydrogen-bond acceptors (Lipinski definition) is 0. The lowest BCUT2D eigenvalue weighted by atomic mass is 9.79. The van der Waals surface area contributed by atoms with Gasteiger partial charge in [-0.2, -0.15) is 0 Å². The molecule has 1 heterocycles. The predicted molar refractivity (Wildman–Crippen MR) is 79.2 cm³/mol. The summed E-state index contributed by atoms with van der Waals surface area (Å²) < 4.78 is 0. The first-order valence-corrected chi connectivity index (χ1v) is 7.23. The van der Waals surface area contributed by atoms with Crippen molar-refractivity contribution < 1.29 is 0 Å². The number of nitrogens with zero attached hydrogens (tertiary/aromatic N) is 1. The fourth-order valence-electron chi connectivity index (χ4n) is 3.71. The molecule has 1 heteroatoms. The van der Waals surface area contributed by atoms with Gasteiger partial charge in [0, 0.05) is 11.1 Å². The lowest BCUT2D eigenvalue weighted by Gasteiger charge is -2.26. The molecule has 0 amide bonds. The highest BCUT2D eigenvalue weighted by Gasteiger charge is 2.35. The van der Waals surface area contributed by atoms with E-state index in [0.717, 1.165) is 5.69 Å². The Morgan fingerprint density at radius 1 is 0.895 bits per heavy atom. The lowest BCUT2D eigenvalue weighted by Crippen LogP contribution is -2.17. The lowest BCUT2D eigenvalue weighted by molar-refractivity contribution is 0.491. The second-order valence-corrected chi connectivity index (χ2v) is 6.10. The van der Waals surface area contributed by atoms with E-state index in [1.165, 1.54) is 48.1 Å². The monoisotopic (exact) mass is 248 g/mol. The second kappa shape index (κ2) is 3.86. The fraction of sp³-hybridized carbons (Fsp3) is 0.333. The molecule has 1 nitrogen and oxygen atoms in total. The zero-order chi connectivity index (χ0) is 12.9. The van der Waals surface area contributed by atoms with Crippen LogP contribution in [0.3, 0.4) is 0 Å². The third-order valence-electron chi connectivity index (χ3n) is 4.82. The van der Waals surface area contributed by atoms with Crippen LogP contribution in [0.1, 0.15) is 38.2 Å². The molecule has 4 rings (SSSR count). The Morgan fingerprint density at radius 2 is 1.63 bits per heavy atom. The summed E-state index contributed by atoms with van der Waals surface area (Å²) in [5.74, 6) is 0. The van der Waals surface area contributed by atoms with Crippen LogP contribution in [0.2, 0.25) is 0 Å². The van der Waals surface area contributed by atoms with Gasteiger partial charge in [-0.1, -0.05) is 56.2 Å². The molecular weight excluding hydrogens is 230 g/mol. The van der Waals surface area contributed by atoms with Crippen molar-refractivity contribution in [2.24, 2.45) is 0 Å². The van der Waals surface area contributed by atoms with Gasteiger partial charge in [-0.05, 0) is 29.9 Å². The van der Waals surface area contributed by atoms with Crippen LogP contribution in [0.4, 0.5) is 11.4 Å². The molecule has 1 saturated carbocycles. The quantitative estimate of drug-likeness (QED) is 0.571. The molecule has 1 aliphatic carbocycles. The highest BCUT2D eigenvalue weighted by Crippen LogP contribution is 2.51. The Balaban J connectivity index is 1.90. The fourth-order valence-corrected chi connectivity index (χ4v) is 3.71. The van der Waals surface area contributed by atoms with Crippen LogP contribution in [0.15, 0.2) is 42.5 Å². The summed E-state index contributed by atoms with van der Waals surface area (Å²) in [5, 5.41) is 4.90. The molecule has 2 aliphatic rings. The van der Waals surface area contributed by atoms with E-state index in [0.29, 0.717) is 5.41 Å². The second-order valence-electron chi connectivity index (χ2n) is 6.10. The Labute approximate surface area is 114 Å². The van der Waals surface area contributed by atoms with Crippen molar-refractivity contribution in [3.63, 3.8) is 0 Å². The van der Waals surface area contributed by atoms with Crippen LogP contribution >= 0.6 is 0 Å². The van der Waals surface area contributed by atoms with E-state index in [-0.39, 0.29) is 0 Å². The van der Waals surface area contributed by atoms with E-state index in [1.807, 2.05) is 0 Å². The maximum atomic E-state index is 4.90. The van der Waals surface area contributed by atoms with Crippen molar-refractivity contribution in [1.29, 1.82) is 0 Å². The average molecular weight is 248 g/mol. The van der Waals surface area contributed by atoms with Gasteiger partial charge in [-0.15, -0.1) is 0 Å². The molecule has 0 bridgehead atoms. The van der Waals surface area contributed by atoms with Gasteiger partial charge >= 0.3 is 0 Å². The van der Waals surface area contributed by atoms with Crippen molar-refractivity contribution in [1.82, 2.24) is 5.32 Å². The topological polar surface area (TPSA) is 14.1 Å². The molecule has 0 aromatic heterocycles. The minimum Gasteiger partial charge on any atom is -0.247 e. The Bertz CT molecular complexity index is 636. The molecule has 1 radical (unpaired) electrons. The highest BCUT2D eigenvalue weighted by molar-refractivity contribution is 5.92. The summed E-state index contributed by atoms with van der Waals surface area (Å²) in [6.07, 6.45) is 5.31. The van der Waals surface area contributed by atoms with E-state index in [1.54, 1.807) is 0 Å². The largest absolute Gasteiger partial charge is 0.247 e. The number of para-hydroxylation sites is 2. The predicted octanol–water partition coefficient (Wildman–Crippen LogP) is 5.07. The smallest absolute Gasteiger partial charge is 0.0753 e. The molecule has 0 saturated heterocycles. The molecule has 0 spiro atoms. The van der Waals surface area contributed by atoms with Crippen molar-refractivity contribution in [3.8, 4) is 11.1 Å². The summed E-state index contributed by atoms with van der Waals surface area (Å²) in [6, 6.07) is 15.2. The molecule has 1 fully saturated rings. The van der Waals surface area contributed by atoms with Gasteiger partial charge in [-0.3, -0.25) is 0 Å². The molecule has 19 heavy (non-hydrogen) atoms. The van der Waals surface area contributed by atoms with Crippen LogP contribution in [0.5, 0.6) is 0 Å². The normalized spacial score (nSPS) is 18.8. The van der Waals surface area contributed by atoms with Crippen LogP contribution in [0.25, 0.3) is 11.1 Å². The molecule has 95 valence electrons. The van der Waals surface area contributed by atoms with E-state index in [4.69, 9.17) is 5.32 Å². The minimum absolute atomic E-state index is 0.330. The highest BCUT2D eigenvalue weighted by atomic mass is 14.9. The first-order chi connectivity index (χ1) is 9.28. The van der Waals surface area contributed by atoms with Crippen LogP contribution in [0, 0.1) is 0 Å². The first-order valence-electron chi connectivity index (χ1n) is 7.23. The molecule has 2 aromatic carbocycles. The molecular formula is C18H18N. The Hall–Kier alpha value is -1.76. The number of benzene rings is 2. The van der Waals surface area contributed by atoms with E-state index in [9.17, 15) is 0 Å². The number of hydrogen-bond donors (Lipinski definition) is 0. The molecule has 1 aliphatic heterocycles. The maximum absolute atomic E-state index is 4.90. The van der Waals surface area contributed by atoms with Crippen molar-refractivity contribution in [3.05, 3.63) is 48.0 Å². The zero-order valence-corrected chi connectivity index (χ0v) is 11.3. The van der Waals surface area contributed by atoms with Crippen molar-refractivity contribution >= 4 is 11.4 Å². The van der Waals surface area contributed by atoms with Crippen LogP contribution < -0.4 is 5.32 Å². The van der Waals surface area contributed by atoms with Crippen molar-refractivity contribution in [2.75, 3.05) is 0 Å². The van der Waals surface area contributed by atoms with E-state index in [2.05, 4.69) is 49.4 Å². The maximum Gasteiger partial charge on any atom is 0.0753 e. The van der Waals surface area contributed by atoms with Crippen molar-refractivity contribution in [2.45, 2.75) is 38.0 Å². The molecule has 0 N–H and O–H groups in total. The van der Waals surface area contributed by atoms with E-state index < -0.39 is 0 Å². The van der Waals surface area contributed by atoms with E-state index >= 15 is 0 Å². The molecule has 0 atom stereocenters. The Kier molecular flexibility index (Phi) is 2.26. The number of rotatable bonds is 1. The Morgan fingerprint density at radius 3 is 2.47 bits per heavy atom. The SMILES string of the molecule is CC1(c2cccc3c2[N]c2ccccc2-3)CCCC1. The number of fused-ring (bicyclic) bond motifs is 3. The summed E-state index contributed by atoms with van der Waals surface area (Å²) in [4.78, 5) is 0. The standard InChI is InChI=1S/C18H18N/c1-18(11-4-5-12-18)15-9-6-8-14-13-7-2-3-10-16(13)19-17(14)15/h2-3,6-10H,4-5,11-12H2,1H3. The third kappa shape index (κ3) is 1.54. The van der Waals surface area contributed by atoms with Gasteiger partial charge in [0.1, 0.15) is 0 Å². The van der Waals surface area contributed by atoms with Gasteiger partial charge in [0.25, 0.3) is 0 Å². The van der Waals surface area contributed by atoms with Gasteiger partial charge in [-0.25, -0.2) is 5.32 Å². The minimum atomic E-state index is 0.330. The van der Waals surface area contributed by atoms with Gasteiger partial charge < -0.3 is 0 Å². The van der Waals surface area contributed by atoms with Gasteiger partial charge in [0.2, 0.25) is 0 Å². The molecule has 0 unspecified atom stereocenters. The first kappa shape index (κ1) is 11.1.